The number of ether oxygens (including phenoxy) is 1. The van der Waals surface area contributed by atoms with Crippen molar-refractivity contribution in [2.24, 2.45) is 0 Å². The van der Waals surface area contributed by atoms with Gasteiger partial charge in [-0.25, -0.2) is 0 Å². The first-order valence-corrected chi connectivity index (χ1v) is 9.78. The molecule has 1 fully saturated rings. The Labute approximate surface area is 169 Å². The second-order valence-electron chi connectivity index (χ2n) is 6.95. The molecule has 0 radical (unpaired) electrons. The van der Waals surface area contributed by atoms with E-state index in [0.29, 0.717) is 24.6 Å². The van der Waals surface area contributed by atoms with E-state index in [1.807, 2.05) is 47.4 Å². The number of aromatic nitrogens is 2. The Kier molecular flexibility index (Phi) is 5.74. The molecular formula is C22H24N4O3. The first-order chi connectivity index (χ1) is 14.2. The maximum atomic E-state index is 12.6. The van der Waals surface area contributed by atoms with Crippen molar-refractivity contribution >= 4 is 11.6 Å². The molecule has 0 atom stereocenters. The number of rotatable bonds is 6. The lowest BCUT2D eigenvalue weighted by atomic mass is 10.2. The van der Waals surface area contributed by atoms with Crippen molar-refractivity contribution in [3.63, 3.8) is 0 Å². The molecule has 1 saturated heterocycles. The lowest BCUT2D eigenvalue weighted by Gasteiger charge is -2.36. The number of hydrogen-bond donors (Lipinski definition) is 0. The van der Waals surface area contributed by atoms with Crippen LogP contribution in [0.15, 0.2) is 59.1 Å². The van der Waals surface area contributed by atoms with E-state index >= 15 is 0 Å². The highest BCUT2D eigenvalue weighted by atomic mass is 16.5. The van der Waals surface area contributed by atoms with Gasteiger partial charge in [-0.05, 0) is 24.3 Å². The Morgan fingerprint density at radius 1 is 1.07 bits per heavy atom. The average molecular weight is 392 g/mol. The number of aryl methyl sites for hydroxylation is 1. The van der Waals surface area contributed by atoms with Gasteiger partial charge in [0.25, 0.3) is 0 Å². The molecule has 0 unspecified atom stereocenters. The number of para-hydroxylation sites is 1. The van der Waals surface area contributed by atoms with Crippen molar-refractivity contribution in [3.8, 4) is 17.1 Å². The van der Waals surface area contributed by atoms with E-state index in [2.05, 4.69) is 27.2 Å². The maximum absolute atomic E-state index is 12.6. The molecule has 4 rings (SSSR count). The summed E-state index contributed by atoms with van der Waals surface area (Å²) < 4.78 is 10.5. The average Bonchev–Trinajstić information content (AvgIpc) is 3.27. The van der Waals surface area contributed by atoms with Crippen molar-refractivity contribution in [1.82, 2.24) is 15.0 Å². The summed E-state index contributed by atoms with van der Waals surface area (Å²) in [6, 6.07) is 17.8. The number of nitrogens with zero attached hydrogens (tertiary/aromatic N) is 4. The number of anilines is 1. The Hall–Kier alpha value is -3.35. The molecule has 0 aliphatic carbocycles. The molecule has 7 heteroatoms. The van der Waals surface area contributed by atoms with Crippen LogP contribution in [-0.4, -0.2) is 54.2 Å². The topological polar surface area (TPSA) is 71.7 Å². The van der Waals surface area contributed by atoms with Gasteiger partial charge in [-0.2, -0.15) is 4.98 Å². The van der Waals surface area contributed by atoms with Crippen LogP contribution >= 0.6 is 0 Å². The number of carbonyl (C=O) groups excluding carboxylic acids is 1. The minimum atomic E-state index is 0.124. The monoisotopic (exact) mass is 392 g/mol. The minimum absolute atomic E-state index is 0.124. The fourth-order valence-electron chi connectivity index (χ4n) is 3.46. The van der Waals surface area contributed by atoms with Crippen LogP contribution in [0.2, 0.25) is 0 Å². The Balaban J connectivity index is 1.29. The van der Waals surface area contributed by atoms with Crippen molar-refractivity contribution in [1.29, 1.82) is 0 Å². The molecule has 0 bridgehead atoms. The highest BCUT2D eigenvalue weighted by Gasteiger charge is 2.21. The van der Waals surface area contributed by atoms with Crippen LogP contribution in [-0.2, 0) is 11.2 Å². The molecule has 1 aromatic heterocycles. The van der Waals surface area contributed by atoms with E-state index < -0.39 is 0 Å². The molecule has 3 aromatic rings. The van der Waals surface area contributed by atoms with Crippen LogP contribution in [0.3, 0.4) is 0 Å². The summed E-state index contributed by atoms with van der Waals surface area (Å²) in [4.78, 5) is 21.2. The molecule has 2 heterocycles. The molecule has 0 N–H and O–H groups in total. The zero-order valence-corrected chi connectivity index (χ0v) is 16.5. The second-order valence-corrected chi connectivity index (χ2v) is 6.95. The predicted molar refractivity (Wildman–Crippen MR) is 110 cm³/mol. The summed E-state index contributed by atoms with van der Waals surface area (Å²) in [7, 11) is 1.62. The Morgan fingerprint density at radius 2 is 1.86 bits per heavy atom. The summed E-state index contributed by atoms with van der Waals surface area (Å²) >= 11 is 0. The standard InChI is InChI=1S/C22H24N4O3/c1-28-19-9-5-6-17(16-19)22-23-20(29-24-22)10-11-21(27)26-14-12-25(13-15-26)18-7-3-2-4-8-18/h2-9,16H,10-15H2,1H3. The zero-order chi connectivity index (χ0) is 20.1. The summed E-state index contributed by atoms with van der Waals surface area (Å²) in [5.41, 5.74) is 2.03. The molecule has 150 valence electrons. The first-order valence-electron chi connectivity index (χ1n) is 9.78. The van der Waals surface area contributed by atoms with Gasteiger partial charge < -0.3 is 19.1 Å². The third-order valence-electron chi connectivity index (χ3n) is 5.10. The van der Waals surface area contributed by atoms with Crippen LogP contribution in [0.4, 0.5) is 5.69 Å². The molecule has 7 nitrogen and oxygen atoms in total. The second kappa shape index (κ2) is 8.77. The molecular weight excluding hydrogens is 368 g/mol. The van der Waals surface area contributed by atoms with Crippen LogP contribution in [0, 0.1) is 0 Å². The van der Waals surface area contributed by atoms with Gasteiger partial charge in [0.15, 0.2) is 0 Å². The number of amides is 1. The Morgan fingerprint density at radius 3 is 2.62 bits per heavy atom. The number of hydrogen-bond acceptors (Lipinski definition) is 6. The van der Waals surface area contributed by atoms with Gasteiger partial charge in [0, 0.05) is 50.3 Å². The lowest BCUT2D eigenvalue weighted by Crippen LogP contribution is -2.48. The smallest absolute Gasteiger partial charge is 0.227 e. The molecule has 1 aliphatic heterocycles. The SMILES string of the molecule is COc1cccc(-c2noc(CCC(=O)N3CCN(c4ccccc4)CC3)n2)c1. The number of carbonyl (C=O) groups is 1. The molecule has 1 amide bonds. The summed E-state index contributed by atoms with van der Waals surface area (Å²) in [5, 5.41) is 4.02. The quantitative estimate of drug-likeness (QED) is 0.642. The highest BCUT2D eigenvalue weighted by molar-refractivity contribution is 5.76. The summed E-state index contributed by atoms with van der Waals surface area (Å²) in [5.74, 6) is 1.83. The van der Waals surface area contributed by atoms with E-state index in [1.165, 1.54) is 5.69 Å². The predicted octanol–water partition coefficient (Wildman–Crippen LogP) is 3.03. The highest BCUT2D eigenvalue weighted by Crippen LogP contribution is 2.22. The van der Waals surface area contributed by atoms with Crippen LogP contribution < -0.4 is 9.64 Å². The van der Waals surface area contributed by atoms with Crippen LogP contribution in [0.5, 0.6) is 5.75 Å². The fraction of sp³-hybridized carbons (Fsp3) is 0.318. The van der Waals surface area contributed by atoms with E-state index in [1.54, 1.807) is 7.11 Å². The van der Waals surface area contributed by atoms with Gasteiger partial charge >= 0.3 is 0 Å². The lowest BCUT2D eigenvalue weighted by molar-refractivity contribution is -0.131. The van der Waals surface area contributed by atoms with Crippen LogP contribution in [0.25, 0.3) is 11.4 Å². The molecule has 29 heavy (non-hydrogen) atoms. The zero-order valence-electron chi connectivity index (χ0n) is 16.5. The van der Waals surface area contributed by atoms with E-state index in [0.717, 1.165) is 37.5 Å². The van der Waals surface area contributed by atoms with E-state index in [4.69, 9.17) is 9.26 Å². The van der Waals surface area contributed by atoms with Crippen molar-refractivity contribution < 1.29 is 14.1 Å². The van der Waals surface area contributed by atoms with Gasteiger partial charge in [-0.1, -0.05) is 35.5 Å². The summed E-state index contributed by atoms with van der Waals surface area (Å²) in [6.07, 6.45) is 0.805. The Bertz CT molecular complexity index is 949. The number of benzene rings is 2. The van der Waals surface area contributed by atoms with Crippen LogP contribution in [0.1, 0.15) is 12.3 Å². The van der Waals surface area contributed by atoms with Gasteiger partial charge in [0.05, 0.1) is 7.11 Å². The summed E-state index contributed by atoms with van der Waals surface area (Å²) in [6.45, 7) is 3.14. The molecule has 0 spiro atoms. The number of methoxy groups -OCH3 is 1. The van der Waals surface area contributed by atoms with Crippen molar-refractivity contribution in [2.75, 3.05) is 38.2 Å². The largest absolute Gasteiger partial charge is 0.497 e. The van der Waals surface area contributed by atoms with Gasteiger partial charge in [0.2, 0.25) is 17.6 Å². The molecule has 2 aromatic carbocycles. The third kappa shape index (κ3) is 4.56. The van der Waals surface area contributed by atoms with Gasteiger partial charge in [-0.3, -0.25) is 4.79 Å². The van der Waals surface area contributed by atoms with E-state index in [9.17, 15) is 4.79 Å². The fourth-order valence-corrected chi connectivity index (χ4v) is 3.46. The molecule has 0 saturated carbocycles. The maximum Gasteiger partial charge on any atom is 0.227 e. The normalized spacial score (nSPS) is 14.1. The third-order valence-corrected chi connectivity index (χ3v) is 5.10. The van der Waals surface area contributed by atoms with Gasteiger partial charge in [0.1, 0.15) is 5.75 Å². The van der Waals surface area contributed by atoms with E-state index in [-0.39, 0.29) is 5.91 Å². The number of piperazine rings is 1. The first kappa shape index (κ1) is 19.0. The molecule has 1 aliphatic rings. The van der Waals surface area contributed by atoms with Crippen molar-refractivity contribution in [2.45, 2.75) is 12.8 Å². The minimum Gasteiger partial charge on any atom is -0.497 e. The van der Waals surface area contributed by atoms with Crippen molar-refractivity contribution in [3.05, 3.63) is 60.5 Å². The van der Waals surface area contributed by atoms with Gasteiger partial charge in [-0.15, -0.1) is 0 Å².